The highest BCUT2D eigenvalue weighted by atomic mass is 127. The molecule has 0 aromatic heterocycles. The third-order valence-corrected chi connectivity index (χ3v) is 2.53. The van der Waals surface area contributed by atoms with Crippen molar-refractivity contribution in [3.05, 3.63) is 29.6 Å². The van der Waals surface area contributed by atoms with Gasteiger partial charge in [-0.15, -0.1) is 0 Å². The van der Waals surface area contributed by atoms with Gasteiger partial charge in [0.2, 0.25) is 0 Å². The van der Waals surface area contributed by atoms with Crippen LogP contribution in [0.5, 0.6) is 5.75 Å². The number of carboxylic acid groups (broad SMARTS) is 1. The van der Waals surface area contributed by atoms with E-state index in [0.29, 0.717) is 6.42 Å². The number of carbonyl (C=O) groups is 1. The Morgan fingerprint density at radius 2 is 2.18 bits per heavy atom. The summed E-state index contributed by atoms with van der Waals surface area (Å²) in [5, 5.41) is 8.49. The highest BCUT2D eigenvalue weighted by molar-refractivity contribution is 14.2. The first-order valence-electron chi connectivity index (χ1n) is 5.09. The van der Waals surface area contributed by atoms with Gasteiger partial charge in [-0.05, 0) is 24.1 Å². The van der Waals surface area contributed by atoms with Gasteiger partial charge >= 0.3 is 5.97 Å². The molecule has 0 fully saturated rings. The van der Waals surface area contributed by atoms with Crippen molar-refractivity contribution in [1.29, 1.82) is 0 Å². The molecule has 0 saturated heterocycles. The number of hydrogen-bond acceptors (Lipinski definition) is 3. The number of carboxylic acids is 1. The summed E-state index contributed by atoms with van der Waals surface area (Å²) in [6.45, 7) is 4.00. The molecule has 1 rings (SSSR count). The third-order valence-electron chi connectivity index (χ3n) is 1.74. The van der Waals surface area contributed by atoms with Crippen molar-refractivity contribution in [3.63, 3.8) is 0 Å². The van der Waals surface area contributed by atoms with Crippen molar-refractivity contribution in [2.24, 2.45) is 0 Å². The fourth-order valence-corrected chi connectivity index (χ4v) is 1.83. The van der Waals surface area contributed by atoms with Crippen molar-refractivity contribution < 1.29 is 18.5 Å². The van der Waals surface area contributed by atoms with Crippen molar-refractivity contribution in [2.45, 2.75) is 26.7 Å². The maximum atomic E-state index is 13.1. The quantitative estimate of drug-likeness (QED) is 0.620. The van der Waals surface area contributed by atoms with Gasteiger partial charge in [0.15, 0.2) is 11.6 Å². The fourth-order valence-electron chi connectivity index (χ4n) is 1.05. The standard InChI is InChI=1S/C9H8FIO3S.C2H6/c10-7-3-1-6(2-4-9(12)13)5-8(7)14-15-11;1-2/h1,3,5H,2,4H2,(H,12,13);1-2H3. The van der Waals surface area contributed by atoms with Gasteiger partial charge in [0.25, 0.3) is 0 Å². The number of aryl methyl sites for hydroxylation is 1. The zero-order chi connectivity index (χ0) is 13.3. The molecule has 1 N–H and O–H groups in total. The van der Waals surface area contributed by atoms with Crippen LogP contribution in [0.25, 0.3) is 0 Å². The molecule has 0 atom stereocenters. The van der Waals surface area contributed by atoms with Gasteiger partial charge in [-0.2, -0.15) is 0 Å². The Labute approximate surface area is 117 Å². The van der Waals surface area contributed by atoms with Crippen LogP contribution < -0.4 is 4.18 Å². The predicted octanol–water partition coefficient (Wildman–Crippen LogP) is 4.25. The maximum absolute atomic E-state index is 13.1. The van der Waals surface area contributed by atoms with Crippen LogP contribution in [-0.2, 0) is 11.2 Å². The highest BCUT2D eigenvalue weighted by Gasteiger charge is 2.06. The van der Waals surface area contributed by atoms with Crippen LogP contribution in [0.1, 0.15) is 25.8 Å². The van der Waals surface area contributed by atoms with E-state index in [4.69, 9.17) is 9.29 Å². The molecule has 1 aromatic rings. The molecule has 0 heterocycles. The van der Waals surface area contributed by atoms with E-state index < -0.39 is 11.8 Å². The second-order valence-electron chi connectivity index (χ2n) is 2.80. The van der Waals surface area contributed by atoms with E-state index in [0.717, 1.165) is 14.8 Å². The normalized spacial score (nSPS) is 9.18. The van der Waals surface area contributed by atoms with Crippen LogP contribution in [0.4, 0.5) is 4.39 Å². The average molecular weight is 372 g/mol. The second-order valence-corrected chi connectivity index (χ2v) is 4.18. The summed E-state index contributed by atoms with van der Waals surface area (Å²) in [5.41, 5.74) is 0.749. The second kappa shape index (κ2) is 9.52. The first kappa shape index (κ1) is 16.5. The predicted molar refractivity (Wildman–Crippen MR) is 75.9 cm³/mol. The number of halogens is 2. The maximum Gasteiger partial charge on any atom is 0.303 e. The molecule has 0 spiro atoms. The smallest absolute Gasteiger partial charge is 0.303 e. The Balaban J connectivity index is 0.00000121. The van der Waals surface area contributed by atoms with E-state index in [2.05, 4.69) is 0 Å². The van der Waals surface area contributed by atoms with Crippen LogP contribution in [0, 0.1) is 5.82 Å². The molecule has 0 aliphatic rings. The summed E-state index contributed by atoms with van der Waals surface area (Å²) >= 11 is 1.88. The molecule has 0 aliphatic heterocycles. The van der Waals surface area contributed by atoms with Gasteiger partial charge in [0, 0.05) is 27.6 Å². The van der Waals surface area contributed by atoms with Crippen LogP contribution in [-0.4, -0.2) is 11.1 Å². The first-order valence-corrected chi connectivity index (χ1v) is 8.37. The number of hydrogen-bond donors (Lipinski definition) is 1. The molecular weight excluding hydrogens is 358 g/mol. The number of aliphatic carboxylic acids is 1. The molecule has 17 heavy (non-hydrogen) atoms. The molecule has 96 valence electrons. The average Bonchev–Trinajstić information content (AvgIpc) is 2.33. The summed E-state index contributed by atoms with van der Waals surface area (Å²) in [6.07, 6.45) is 0.403. The number of benzene rings is 1. The van der Waals surface area contributed by atoms with Gasteiger partial charge in [-0.25, -0.2) is 4.39 Å². The van der Waals surface area contributed by atoms with Gasteiger partial charge in [0.05, 0.1) is 0 Å². The first-order chi connectivity index (χ1) is 8.13. The van der Waals surface area contributed by atoms with Crippen LogP contribution in [0.15, 0.2) is 18.2 Å². The Bertz CT molecular complexity index is 361. The minimum absolute atomic E-state index is 0.0302. The minimum Gasteiger partial charge on any atom is -0.481 e. The van der Waals surface area contributed by atoms with Crippen molar-refractivity contribution in [2.75, 3.05) is 0 Å². The van der Waals surface area contributed by atoms with Crippen LogP contribution >= 0.6 is 30.4 Å². The summed E-state index contributed by atoms with van der Waals surface area (Å²) in [6, 6.07) is 4.35. The Morgan fingerprint density at radius 3 is 2.71 bits per heavy atom. The summed E-state index contributed by atoms with van der Waals surface area (Å²) < 4.78 is 18.1. The molecule has 1 aromatic carbocycles. The van der Waals surface area contributed by atoms with Gasteiger partial charge < -0.3 is 9.29 Å². The van der Waals surface area contributed by atoms with Crippen molar-refractivity contribution in [1.82, 2.24) is 0 Å². The molecule has 0 aliphatic carbocycles. The molecular formula is C11H14FIO3S. The fraction of sp³-hybridized carbons (Fsp3) is 0.364. The third kappa shape index (κ3) is 6.72. The topological polar surface area (TPSA) is 46.5 Å². The lowest BCUT2D eigenvalue weighted by Crippen LogP contribution is -1.98. The molecule has 0 amide bonds. The summed E-state index contributed by atoms with van der Waals surface area (Å²) in [4.78, 5) is 10.3. The van der Waals surface area contributed by atoms with Crippen LogP contribution in [0.3, 0.4) is 0 Å². The highest BCUT2D eigenvalue weighted by Crippen LogP contribution is 2.25. The molecule has 0 radical (unpaired) electrons. The minimum atomic E-state index is -0.870. The van der Waals surface area contributed by atoms with Crippen molar-refractivity contribution in [3.8, 4) is 5.75 Å². The van der Waals surface area contributed by atoms with E-state index in [1.54, 1.807) is 6.07 Å². The zero-order valence-electron chi connectivity index (χ0n) is 9.57. The summed E-state index contributed by atoms with van der Waals surface area (Å²) in [7, 11) is 1.02. The molecule has 6 heteroatoms. The lowest BCUT2D eigenvalue weighted by atomic mass is 10.1. The van der Waals surface area contributed by atoms with Gasteiger partial charge in [-0.1, -0.05) is 19.9 Å². The van der Waals surface area contributed by atoms with Crippen molar-refractivity contribution >= 4 is 36.4 Å². The SMILES string of the molecule is CC.O=C(O)CCc1ccc(F)c(OSI)c1. The summed E-state index contributed by atoms with van der Waals surface area (Å²) in [5.74, 6) is -1.18. The lowest BCUT2D eigenvalue weighted by Gasteiger charge is -2.04. The largest absolute Gasteiger partial charge is 0.481 e. The van der Waals surface area contributed by atoms with E-state index in [1.165, 1.54) is 12.1 Å². The van der Waals surface area contributed by atoms with Gasteiger partial charge in [0.1, 0.15) is 9.21 Å². The molecule has 0 bridgehead atoms. The van der Waals surface area contributed by atoms with E-state index >= 15 is 0 Å². The Kier molecular flexibility index (Phi) is 9.24. The Morgan fingerprint density at radius 1 is 1.53 bits per heavy atom. The molecule has 0 saturated carbocycles. The zero-order valence-corrected chi connectivity index (χ0v) is 12.5. The lowest BCUT2D eigenvalue weighted by molar-refractivity contribution is -0.136. The molecule has 0 unspecified atom stereocenters. The monoisotopic (exact) mass is 372 g/mol. The van der Waals surface area contributed by atoms with E-state index in [9.17, 15) is 9.18 Å². The van der Waals surface area contributed by atoms with E-state index in [-0.39, 0.29) is 12.2 Å². The van der Waals surface area contributed by atoms with Crippen LogP contribution in [0.2, 0.25) is 0 Å². The molecule has 3 nitrogen and oxygen atoms in total. The Hall–Kier alpha value is -0.500. The van der Waals surface area contributed by atoms with E-state index in [1.807, 2.05) is 35.1 Å². The number of rotatable bonds is 5. The van der Waals surface area contributed by atoms with Gasteiger partial charge in [-0.3, -0.25) is 4.79 Å².